The van der Waals surface area contributed by atoms with Gasteiger partial charge in [0.15, 0.2) is 0 Å². The van der Waals surface area contributed by atoms with Crippen LogP contribution in [0.2, 0.25) is 0 Å². The molecule has 0 spiro atoms. The van der Waals surface area contributed by atoms with Crippen molar-refractivity contribution in [3.05, 3.63) is 59.7 Å². The van der Waals surface area contributed by atoms with Crippen LogP contribution in [-0.4, -0.2) is 58.8 Å². The van der Waals surface area contributed by atoms with E-state index < -0.39 is 18.1 Å². The third kappa shape index (κ3) is 4.27. The van der Waals surface area contributed by atoms with Gasteiger partial charge in [0, 0.05) is 24.6 Å². The van der Waals surface area contributed by atoms with Gasteiger partial charge in [0.05, 0.1) is 5.88 Å². The van der Waals surface area contributed by atoms with Crippen molar-refractivity contribution in [1.29, 1.82) is 0 Å². The maximum Gasteiger partial charge on any atom is 0.407 e. The molecule has 2 aliphatic carbocycles. The average Bonchev–Trinajstić information content (AvgIpc) is 3.43. The van der Waals surface area contributed by atoms with E-state index in [2.05, 4.69) is 29.6 Å². The van der Waals surface area contributed by atoms with Crippen LogP contribution >= 0.6 is 11.8 Å². The fourth-order valence-corrected chi connectivity index (χ4v) is 6.49. The molecule has 1 aliphatic heterocycles. The van der Waals surface area contributed by atoms with Gasteiger partial charge < -0.3 is 20.1 Å². The number of hydrogen-bond acceptors (Lipinski definition) is 5. The summed E-state index contributed by atoms with van der Waals surface area (Å²) in [4.78, 5) is 38.3. The number of rotatable bonds is 7. The van der Waals surface area contributed by atoms with Gasteiger partial charge in [-0.25, -0.2) is 9.59 Å². The van der Waals surface area contributed by atoms with E-state index in [1.54, 1.807) is 0 Å². The predicted octanol–water partition coefficient (Wildman–Crippen LogP) is 4.07. The van der Waals surface area contributed by atoms with Gasteiger partial charge >= 0.3 is 12.1 Å². The number of aliphatic carboxylic acids is 1. The molecule has 8 heteroatoms. The van der Waals surface area contributed by atoms with Crippen LogP contribution in [0.5, 0.6) is 0 Å². The molecule has 1 heterocycles. The number of fused-ring (bicyclic) bond motifs is 3. The molecule has 34 heavy (non-hydrogen) atoms. The molecule has 2 fully saturated rings. The number of carbonyl (C=O) groups is 3. The van der Waals surface area contributed by atoms with Crippen molar-refractivity contribution >= 4 is 29.7 Å². The van der Waals surface area contributed by atoms with E-state index >= 15 is 0 Å². The Bertz CT molecular complexity index is 1070. The molecule has 2 N–H and O–H groups in total. The number of hydrogen-bond donors (Lipinski definition) is 2. The summed E-state index contributed by atoms with van der Waals surface area (Å²) in [6.45, 7) is 0.602. The highest BCUT2D eigenvalue weighted by molar-refractivity contribution is 7.99. The van der Waals surface area contributed by atoms with Gasteiger partial charge in [-0.05, 0) is 40.5 Å². The number of benzene rings is 2. The molecule has 7 nitrogen and oxygen atoms in total. The fraction of sp³-hybridized carbons (Fsp3) is 0.423. The molecule has 2 aromatic rings. The van der Waals surface area contributed by atoms with Crippen molar-refractivity contribution in [2.24, 2.45) is 5.41 Å². The van der Waals surface area contributed by atoms with E-state index in [9.17, 15) is 19.5 Å². The molecule has 3 aliphatic rings. The molecule has 1 saturated carbocycles. The largest absolute Gasteiger partial charge is 0.480 e. The minimum atomic E-state index is -0.960. The third-order valence-corrected chi connectivity index (χ3v) is 8.39. The quantitative estimate of drug-likeness (QED) is 0.620. The number of nitrogens with zero attached hydrogens (tertiary/aromatic N) is 1. The lowest BCUT2D eigenvalue weighted by molar-refractivity contribution is -0.149. The molecule has 0 aromatic heterocycles. The number of nitrogens with one attached hydrogen (secondary N) is 1. The molecule has 2 aromatic carbocycles. The molecule has 1 unspecified atom stereocenters. The highest BCUT2D eigenvalue weighted by Gasteiger charge is 2.43. The first-order chi connectivity index (χ1) is 16.5. The topological polar surface area (TPSA) is 95.9 Å². The maximum atomic E-state index is 12.9. The SMILES string of the molecule is O=C(NCC1(CC(=O)N2CSCC2C(=O)O)CCC1)OCC1c2ccccc2-c2ccccc21. The predicted molar refractivity (Wildman–Crippen MR) is 130 cm³/mol. The molecule has 0 radical (unpaired) electrons. The first-order valence-electron chi connectivity index (χ1n) is 11.7. The zero-order valence-corrected chi connectivity index (χ0v) is 19.7. The van der Waals surface area contributed by atoms with Gasteiger partial charge in [-0.1, -0.05) is 55.0 Å². The second-order valence-electron chi connectivity index (χ2n) is 9.43. The van der Waals surface area contributed by atoms with Gasteiger partial charge in [-0.3, -0.25) is 4.79 Å². The van der Waals surface area contributed by atoms with Crippen LogP contribution in [-0.2, 0) is 14.3 Å². The molecule has 1 saturated heterocycles. The Hall–Kier alpha value is -3.00. The third-order valence-electron chi connectivity index (χ3n) is 7.38. The minimum absolute atomic E-state index is 0.00184. The molecule has 0 bridgehead atoms. The molecular weight excluding hydrogens is 452 g/mol. The lowest BCUT2D eigenvalue weighted by Crippen LogP contribution is -2.48. The van der Waals surface area contributed by atoms with Crippen LogP contribution < -0.4 is 5.32 Å². The monoisotopic (exact) mass is 480 g/mol. The lowest BCUT2D eigenvalue weighted by Gasteiger charge is -2.42. The Morgan fingerprint density at radius 3 is 2.29 bits per heavy atom. The summed E-state index contributed by atoms with van der Waals surface area (Å²) in [6.07, 6.45) is 2.43. The number of carboxylic acid groups (broad SMARTS) is 1. The summed E-state index contributed by atoms with van der Waals surface area (Å²) in [5.41, 5.74) is 4.36. The van der Waals surface area contributed by atoms with Crippen LogP contribution in [0.15, 0.2) is 48.5 Å². The van der Waals surface area contributed by atoms with Crippen molar-refractivity contribution in [3.63, 3.8) is 0 Å². The molecule has 1 atom stereocenters. The van der Waals surface area contributed by atoms with E-state index in [-0.39, 0.29) is 30.3 Å². The number of ether oxygens (including phenoxy) is 1. The molecule has 178 valence electrons. The van der Waals surface area contributed by atoms with Gasteiger partial charge in [0.2, 0.25) is 5.91 Å². The molecular formula is C26H28N2O5S. The minimum Gasteiger partial charge on any atom is -0.480 e. The fourth-order valence-electron chi connectivity index (χ4n) is 5.32. The maximum absolute atomic E-state index is 12.9. The summed E-state index contributed by atoms with van der Waals surface area (Å²) in [7, 11) is 0. The smallest absolute Gasteiger partial charge is 0.407 e. The van der Waals surface area contributed by atoms with Gasteiger partial charge in [0.25, 0.3) is 0 Å². The Morgan fingerprint density at radius 1 is 1.06 bits per heavy atom. The zero-order valence-electron chi connectivity index (χ0n) is 18.9. The standard InChI is InChI=1S/C26H28N2O5S/c29-23(28-16-34-14-22(28)24(30)31)12-26(10-5-11-26)15-27-25(32)33-13-21-19-8-3-1-6-17(19)18-7-2-4-9-20(18)21/h1-4,6-9,21-22H,5,10-16H2,(H,27,32)(H,30,31). The lowest BCUT2D eigenvalue weighted by atomic mass is 9.66. The Kier molecular flexibility index (Phi) is 6.25. The summed E-state index contributed by atoms with van der Waals surface area (Å²) < 4.78 is 5.63. The van der Waals surface area contributed by atoms with Crippen LogP contribution in [0.1, 0.15) is 42.7 Å². The summed E-state index contributed by atoms with van der Waals surface area (Å²) in [5, 5.41) is 12.2. The second kappa shape index (κ2) is 9.33. The number of alkyl carbamates (subject to hydrolysis) is 1. The first kappa shape index (κ1) is 22.8. The molecule has 5 rings (SSSR count). The second-order valence-corrected chi connectivity index (χ2v) is 10.4. The van der Waals surface area contributed by atoms with Crippen LogP contribution in [0.25, 0.3) is 11.1 Å². The zero-order chi connectivity index (χ0) is 23.7. The summed E-state index contributed by atoms with van der Waals surface area (Å²) in [5.74, 6) is -0.278. The number of amides is 2. The van der Waals surface area contributed by atoms with Crippen molar-refractivity contribution < 1.29 is 24.2 Å². The first-order valence-corrected chi connectivity index (χ1v) is 12.8. The Balaban J connectivity index is 1.17. The normalized spacial score (nSPS) is 20.2. The van der Waals surface area contributed by atoms with Crippen LogP contribution in [0, 0.1) is 5.41 Å². The van der Waals surface area contributed by atoms with Crippen molar-refractivity contribution in [2.75, 3.05) is 24.8 Å². The van der Waals surface area contributed by atoms with E-state index in [0.29, 0.717) is 18.2 Å². The van der Waals surface area contributed by atoms with Gasteiger partial charge in [0.1, 0.15) is 12.6 Å². The highest BCUT2D eigenvalue weighted by atomic mass is 32.2. The van der Waals surface area contributed by atoms with Crippen LogP contribution in [0.4, 0.5) is 4.79 Å². The molecule has 2 amide bonds. The number of carboxylic acids is 1. The highest BCUT2D eigenvalue weighted by Crippen LogP contribution is 2.45. The van der Waals surface area contributed by atoms with Gasteiger partial charge in [-0.2, -0.15) is 0 Å². The summed E-state index contributed by atoms with van der Waals surface area (Å²) >= 11 is 1.46. The Morgan fingerprint density at radius 2 is 1.71 bits per heavy atom. The van der Waals surface area contributed by atoms with Crippen molar-refractivity contribution in [3.8, 4) is 11.1 Å². The number of carbonyl (C=O) groups excluding carboxylic acids is 2. The average molecular weight is 481 g/mol. The van der Waals surface area contributed by atoms with E-state index in [1.807, 2.05) is 24.3 Å². The van der Waals surface area contributed by atoms with Crippen molar-refractivity contribution in [1.82, 2.24) is 10.2 Å². The van der Waals surface area contributed by atoms with Crippen LogP contribution in [0.3, 0.4) is 0 Å². The van der Waals surface area contributed by atoms with E-state index in [1.165, 1.54) is 27.8 Å². The number of thioether (sulfide) groups is 1. The van der Waals surface area contributed by atoms with Gasteiger partial charge in [-0.15, -0.1) is 11.8 Å². The summed E-state index contributed by atoms with van der Waals surface area (Å²) in [6, 6.07) is 15.6. The van der Waals surface area contributed by atoms with E-state index in [0.717, 1.165) is 30.4 Å². The Labute approximate surface area is 202 Å². The van der Waals surface area contributed by atoms with E-state index in [4.69, 9.17) is 4.74 Å². The van der Waals surface area contributed by atoms with Crippen molar-refractivity contribution in [2.45, 2.75) is 37.6 Å².